The maximum Gasteiger partial charge on any atom is 0.416 e. The van der Waals surface area contributed by atoms with E-state index in [9.17, 15) is 27.9 Å². The molecule has 9 heteroatoms. The van der Waals surface area contributed by atoms with Gasteiger partial charge in [-0.3, -0.25) is 4.79 Å². The molecule has 0 saturated heterocycles. The monoisotopic (exact) mass is 405 g/mol. The van der Waals surface area contributed by atoms with E-state index in [4.69, 9.17) is 23.2 Å². The molecule has 0 fully saturated rings. The molecule has 0 saturated carbocycles. The Hall–Kier alpha value is -2.25. The van der Waals surface area contributed by atoms with Crippen molar-refractivity contribution in [3.8, 4) is 0 Å². The third-order valence-corrected chi connectivity index (χ3v) is 4.10. The third kappa shape index (κ3) is 5.12. The molecule has 0 aromatic heterocycles. The van der Waals surface area contributed by atoms with Crippen LogP contribution in [0.1, 0.15) is 21.5 Å². The topological polar surface area (TPSA) is 66.4 Å². The van der Waals surface area contributed by atoms with Gasteiger partial charge in [-0.25, -0.2) is 4.79 Å². The molecule has 0 heterocycles. The van der Waals surface area contributed by atoms with Crippen LogP contribution < -0.4 is 5.32 Å². The van der Waals surface area contributed by atoms with E-state index in [0.29, 0.717) is 10.6 Å². The summed E-state index contributed by atoms with van der Waals surface area (Å²) in [5.41, 5.74) is -0.542. The predicted octanol–water partition coefficient (Wildman–Crippen LogP) is 4.44. The van der Waals surface area contributed by atoms with Crippen LogP contribution in [0.3, 0.4) is 0 Å². The first kappa shape index (κ1) is 20.1. The summed E-state index contributed by atoms with van der Waals surface area (Å²) < 4.78 is 37.6. The van der Waals surface area contributed by atoms with Gasteiger partial charge in [0.05, 0.1) is 5.56 Å². The Morgan fingerprint density at radius 2 is 1.69 bits per heavy atom. The van der Waals surface area contributed by atoms with Crippen molar-refractivity contribution >= 4 is 35.1 Å². The Bertz CT molecular complexity index is 823. The molecular weight excluding hydrogens is 394 g/mol. The standard InChI is InChI=1S/C17H12Cl2F3NO3/c18-12-6-3-10(13(19)8-12)7-14(16(25)26)23-15(24)9-1-4-11(5-2-9)17(20,21)22/h1-6,8,14H,7H2,(H,23,24)(H,25,26)/t14-/m1/s1. The summed E-state index contributed by atoms with van der Waals surface area (Å²) in [5, 5.41) is 12.2. The largest absolute Gasteiger partial charge is 0.480 e. The van der Waals surface area contributed by atoms with E-state index in [-0.39, 0.29) is 17.0 Å². The van der Waals surface area contributed by atoms with Gasteiger partial charge in [0.2, 0.25) is 0 Å². The molecule has 0 spiro atoms. The minimum atomic E-state index is -4.52. The molecule has 0 bridgehead atoms. The number of halogens is 5. The number of alkyl halides is 3. The maximum absolute atomic E-state index is 12.5. The number of carboxylic acids is 1. The first-order valence-corrected chi connectivity index (χ1v) is 7.98. The lowest BCUT2D eigenvalue weighted by Crippen LogP contribution is -2.42. The smallest absolute Gasteiger partial charge is 0.416 e. The molecule has 1 atom stereocenters. The molecule has 0 aliphatic heterocycles. The fourth-order valence-corrected chi connectivity index (χ4v) is 2.65. The number of aliphatic carboxylic acids is 1. The maximum atomic E-state index is 12.5. The van der Waals surface area contributed by atoms with Gasteiger partial charge in [0, 0.05) is 22.0 Å². The number of benzene rings is 2. The molecule has 138 valence electrons. The second-order valence-electron chi connectivity index (χ2n) is 5.38. The number of hydrogen-bond donors (Lipinski definition) is 2. The Balaban J connectivity index is 2.14. The zero-order chi connectivity index (χ0) is 19.5. The fraction of sp³-hybridized carbons (Fsp3) is 0.176. The highest BCUT2D eigenvalue weighted by Crippen LogP contribution is 2.29. The van der Waals surface area contributed by atoms with Gasteiger partial charge in [0.15, 0.2) is 0 Å². The Kier molecular flexibility index (Phi) is 6.15. The normalized spacial score (nSPS) is 12.5. The summed E-state index contributed by atoms with van der Waals surface area (Å²) in [6.07, 6.45) is -4.64. The van der Waals surface area contributed by atoms with Crippen molar-refractivity contribution in [1.82, 2.24) is 5.32 Å². The van der Waals surface area contributed by atoms with Crippen molar-refractivity contribution in [2.24, 2.45) is 0 Å². The highest BCUT2D eigenvalue weighted by atomic mass is 35.5. The average Bonchev–Trinajstić information content (AvgIpc) is 2.55. The van der Waals surface area contributed by atoms with Crippen LogP contribution in [-0.2, 0) is 17.4 Å². The molecule has 0 radical (unpaired) electrons. The van der Waals surface area contributed by atoms with Crippen LogP contribution in [0.2, 0.25) is 10.0 Å². The van der Waals surface area contributed by atoms with Gasteiger partial charge < -0.3 is 10.4 Å². The van der Waals surface area contributed by atoms with Crippen LogP contribution in [0.4, 0.5) is 13.2 Å². The van der Waals surface area contributed by atoms with Crippen LogP contribution in [0.15, 0.2) is 42.5 Å². The number of carboxylic acid groups (broad SMARTS) is 1. The van der Waals surface area contributed by atoms with E-state index in [1.165, 1.54) is 18.2 Å². The molecular formula is C17H12Cl2F3NO3. The van der Waals surface area contributed by atoms with Crippen LogP contribution in [0.5, 0.6) is 0 Å². The Morgan fingerprint density at radius 1 is 1.08 bits per heavy atom. The van der Waals surface area contributed by atoms with E-state index >= 15 is 0 Å². The van der Waals surface area contributed by atoms with Gasteiger partial charge in [0.25, 0.3) is 5.91 Å². The van der Waals surface area contributed by atoms with E-state index < -0.39 is 29.7 Å². The highest BCUT2D eigenvalue weighted by Gasteiger charge is 2.30. The number of amides is 1. The van der Waals surface area contributed by atoms with Crippen LogP contribution in [0, 0.1) is 0 Å². The fourth-order valence-electron chi connectivity index (χ4n) is 2.16. The van der Waals surface area contributed by atoms with Gasteiger partial charge in [-0.15, -0.1) is 0 Å². The van der Waals surface area contributed by atoms with Crippen molar-refractivity contribution in [1.29, 1.82) is 0 Å². The molecule has 1 amide bonds. The second kappa shape index (κ2) is 7.97. The van der Waals surface area contributed by atoms with E-state index in [1.54, 1.807) is 0 Å². The number of rotatable bonds is 5. The predicted molar refractivity (Wildman–Crippen MR) is 90.5 cm³/mol. The molecule has 2 aromatic carbocycles. The van der Waals surface area contributed by atoms with E-state index in [0.717, 1.165) is 24.3 Å². The summed E-state index contributed by atoms with van der Waals surface area (Å²) in [5.74, 6) is -2.12. The zero-order valence-electron chi connectivity index (χ0n) is 13.0. The van der Waals surface area contributed by atoms with Crippen LogP contribution in [0.25, 0.3) is 0 Å². The zero-order valence-corrected chi connectivity index (χ0v) is 14.5. The van der Waals surface area contributed by atoms with Crippen molar-refractivity contribution in [2.45, 2.75) is 18.6 Å². The summed E-state index contributed by atoms with van der Waals surface area (Å²) >= 11 is 11.8. The van der Waals surface area contributed by atoms with Crippen LogP contribution >= 0.6 is 23.2 Å². The SMILES string of the molecule is O=C(N[C@H](Cc1ccc(Cl)cc1Cl)C(=O)O)c1ccc(C(F)(F)F)cc1. The number of hydrogen-bond acceptors (Lipinski definition) is 2. The number of carbonyl (C=O) groups is 2. The molecule has 2 rings (SSSR count). The quantitative estimate of drug-likeness (QED) is 0.772. The van der Waals surface area contributed by atoms with E-state index in [1.807, 2.05) is 0 Å². The first-order valence-electron chi connectivity index (χ1n) is 7.23. The summed E-state index contributed by atoms with van der Waals surface area (Å²) in [7, 11) is 0. The minimum absolute atomic E-state index is 0.0912. The Labute approximate surface area is 156 Å². The van der Waals surface area contributed by atoms with Crippen molar-refractivity contribution < 1.29 is 27.9 Å². The summed E-state index contributed by atoms with van der Waals surface area (Å²) in [6, 6.07) is 6.64. The van der Waals surface area contributed by atoms with Crippen molar-refractivity contribution in [3.05, 3.63) is 69.2 Å². The average molecular weight is 406 g/mol. The lowest BCUT2D eigenvalue weighted by molar-refractivity contribution is -0.139. The molecule has 0 aliphatic carbocycles. The minimum Gasteiger partial charge on any atom is -0.480 e. The number of nitrogens with one attached hydrogen (secondary N) is 1. The van der Waals surface area contributed by atoms with Crippen LogP contribution in [-0.4, -0.2) is 23.0 Å². The lowest BCUT2D eigenvalue weighted by Gasteiger charge is -2.16. The van der Waals surface area contributed by atoms with Gasteiger partial charge in [-0.2, -0.15) is 13.2 Å². The van der Waals surface area contributed by atoms with Gasteiger partial charge >= 0.3 is 12.1 Å². The van der Waals surface area contributed by atoms with Gasteiger partial charge in [-0.05, 0) is 42.0 Å². The number of carbonyl (C=O) groups excluding carboxylic acids is 1. The molecule has 0 aliphatic rings. The van der Waals surface area contributed by atoms with Gasteiger partial charge in [-0.1, -0.05) is 29.3 Å². The third-order valence-electron chi connectivity index (χ3n) is 3.52. The Morgan fingerprint density at radius 3 is 2.19 bits per heavy atom. The highest BCUT2D eigenvalue weighted by molar-refractivity contribution is 6.35. The molecule has 2 N–H and O–H groups in total. The second-order valence-corrected chi connectivity index (χ2v) is 6.22. The van der Waals surface area contributed by atoms with E-state index in [2.05, 4.69) is 5.32 Å². The molecule has 0 unspecified atom stereocenters. The molecule has 26 heavy (non-hydrogen) atoms. The van der Waals surface area contributed by atoms with Crippen molar-refractivity contribution in [3.63, 3.8) is 0 Å². The molecule has 4 nitrogen and oxygen atoms in total. The van der Waals surface area contributed by atoms with Crippen molar-refractivity contribution in [2.75, 3.05) is 0 Å². The van der Waals surface area contributed by atoms with Gasteiger partial charge in [0.1, 0.15) is 6.04 Å². The summed E-state index contributed by atoms with van der Waals surface area (Å²) in [6.45, 7) is 0. The lowest BCUT2D eigenvalue weighted by atomic mass is 10.0. The first-order chi connectivity index (χ1) is 12.1. The summed E-state index contributed by atoms with van der Waals surface area (Å²) in [4.78, 5) is 23.5. The molecule has 2 aromatic rings.